The number of hydrogen-bond acceptors (Lipinski definition) is 5. The highest BCUT2D eigenvalue weighted by atomic mass is 16.5. The number of carbonyl (C=O) groups excluding carboxylic acids is 1. The van der Waals surface area contributed by atoms with Gasteiger partial charge < -0.3 is 19.0 Å². The molecule has 148 valence electrons. The number of nitrogens with one attached hydrogen (secondary N) is 1. The Morgan fingerprint density at radius 2 is 2.07 bits per heavy atom. The van der Waals surface area contributed by atoms with Gasteiger partial charge in [0.15, 0.2) is 5.58 Å². The van der Waals surface area contributed by atoms with Gasteiger partial charge in [-0.3, -0.25) is 9.36 Å². The number of aromatic nitrogens is 3. The van der Waals surface area contributed by atoms with Crippen molar-refractivity contribution in [1.29, 1.82) is 0 Å². The minimum Gasteiger partial charge on any atom is -0.497 e. The zero-order valence-electron chi connectivity index (χ0n) is 16.0. The van der Waals surface area contributed by atoms with Crippen LogP contribution in [0.15, 0.2) is 70.1 Å². The van der Waals surface area contributed by atoms with Crippen LogP contribution in [0, 0.1) is 0 Å². The van der Waals surface area contributed by atoms with Crippen molar-refractivity contribution >= 4 is 17.0 Å². The summed E-state index contributed by atoms with van der Waals surface area (Å²) < 4.78 is 13.7. The summed E-state index contributed by atoms with van der Waals surface area (Å²) in [6.45, 7) is -0.166. The summed E-state index contributed by atoms with van der Waals surface area (Å²) in [6, 6.07) is 13.9. The van der Waals surface area contributed by atoms with E-state index in [2.05, 4.69) is 10.3 Å². The van der Waals surface area contributed by atoms with E-state index in [1.54, 1.807) is 37.6 Å². The molecule has 1 amide bonds. The Labute approximate surface area is 166 Å². The van der Waals surface area contributed by atoms with E-state index >= 15 is 0 Å². The van der Waals surface area contributed by atoms with E-state index in [-0.39, 0.29) is 12.5 Å². The van der Waals surface area contributed by atoms with Crippen LogP contribution in [0.2, 0.25) is 0 Å². The van der Waals surface area contributed by atoms with E-state index in [0.29, 0.717) is 22.7 Å². The molecule has 4 aromatic rings. The Kier molecular flexibility index (Phi) is 4.90. The molecular formula is C21H20N4O4. The summed E-state index contributed by atoms with van der Waals surface area (Å²) >= 11 is 0. The molecule has 2 aromatic carbocycles. The van der Waals surface area contributed by atoms with Gasteiger partial charge in [0.1, 0.15) is 24.2 Å². The number of amides is 1. The van der Waals surface area contributed by atoms with Gasteiger partial charge in [0.05, 0.1) is 12.6 Å². The number of hydrogen-bond donors (Lipinski definition) is 1. The maximum Gasteiger partial charge on any atom is 0.420 e. The highest BCUT2D eigenvalue weighted by molar-refractivity contribution is 5.80. The van der Waals surface area contributed by atoms with E-state index in [9.17, 15) is 9.59 Å². The van der Waals surface area contributed by atoms with Gasteiger partial charge in [-0.15, -0.1) is 0 Å². The van der Waals surface area contributed by atoms with Crippen molar-refractivity contribution in [1.82, 2.24) is 19.4 Å². The highest BCUT2D eigenvalue weighted by Gasteiger charge is 2.22. The molecule has 29 heavy (non-hydrogen) atoms. The summed E-state index contributed by atoms with van der Waals surface area (Å²) in [5, 5.41) is 2.98. The first-order chi connectivity index (χ1) is 14.1. The number of para-hydroxylation sites is 2. The fourth-order valence-corrected chi connectivity index (χ4v) is 3.29. The number of benzene rings is 2. The highest BCUT2D eigenvalue weighted by Crippen LogP contribution is 2.24. The third-order valence-corrected chi connectivity index (χ3v) is 4.72. The average molecular weight is 392 g/mol. The first-order valence-electron chi connectivity index (χ1n) is 9.05. The molecule has 0 bridgehead atoms. The Balaban J connectivity index is 1.65. The molecule has 0 fully saturated rings. The number of rotatable bonds is 6. The Morgan fingerprint density at radius 3 is 2.83 bits per heavy atom. The Bertz CT molecular complexity index is 1220. The van der Waals surface area contributed by atoms with Gasteiger partial charge in [-0.2, -0.15) is 0 Å². The standard InChI is InChI=1S/C21H20N4O4/c1-24-11-10-22-20(24)19(14-6-5-7-15(12-14)28-2)23-18(26)13-25-16-8-3-4-9-17(16)29-21(25)27/h3-12,19H,13H2,1-2H3,(H,23,26)/t19-/m1/s1. The summed E-state index contributed by atoms with van der Waals surface area (Å²) in [7, 11) is 3.44. The number of carbonyl (C=O) groups is 1. The van der Waals surface area contributed by atoms with Gasteiger partial charge in [-0.05, 0) is 29.8 Å². The Hall–Kier alpha value is -3.81. The molecule has 0 spiro atoms. The maximum absolute atomic E-state index is 12.9. The summed E-state index contributed by atoms with van der Waals surface area (Å²) in [4.78, 5) is 29.4. The lowest BCUT2D eigenvalue weighted by atomic mass is 10.1. The predicted molar refractivity (Wildman–Crippen MR) is 107 cm³/mol. The number of methoxy groups -OCH3 is 1. The number of aryl methyl sites for hydroxylation is 1. The van der Waals surface area contributed by atoms with Crippen molar-refractivity contribution in [2.75, 3.05) is 7.11 Å². The van der Waals surface area contributed by atoms with Crippen LogP contribution in [0.1, 0.15) is 17.4 Å². The third-order valence-electron chi connectivity index (χ3n) is 4.72. The van der Waals surface area contributed by atoms with Gasteiger partial charge in [0.2, 0.25) is 5.91 Å². The van der Waals surface area contributed by atoms with Gasteiger partial charge in [-0.1, -0.05) is 24.3 Å². The maximum atomic E-state index is 12.9. The van der Waals surface area contributed by atoms with E-state index in [0.717, 1.165) is 5.56 Å². The second kappa shape index (κ2) is 7.67. The van der Waals surface area contributed by atoms with Crippen molar-refractivity contribution in [3.8, 4) is 5.75 Å². The molecule has 0 saturated heterocycles. The third kappa shape index (κ3) is 3.64. The van der Waals surface area contributed by atoms with E-state index in [1.807, 2.05) is 42.1 Å². The first-order valence-corrected chi connectivity index (χ1v) is 9.05. The molecule has 0 aliphatic rings. The van der Waals surface area contributed by atoms with Crippen LogP contribution in [-0.2, 0) is 18.4 Å². The molecule has 8 nitrogen and oxygen atoms in total. The smallest absolute Gasteiger partial charge is 0.420 e. The lowest BCUT2D eigenvalue weighted by Gasteiger charge is -2.20. The van der Waals surface area contributed by atoms with Crippen LogP contribution in [0.3, 0.4) is 0 Å². The molecule has 0 aliphatic carbocycles. The number of imidazole rings is 1. The van der Waals surface area contributed by atoms with Crippen molar-refractivity contribution in [3.05, 3.63) is 82.9 Å². The van der Waals surface area contributed by atoms with E-state index in [1.165, 1.54) is 4.57 Å². The average Bonchev–Trinajstić information content (AvgIpc) is 3.29. The number of fused-ring (bicyclic) bond motifs is 1. The minimum atomic E-state index is -0.573. The van der Waals surface area contributed by atoms with Crippen LogP contribution in [0.5, 0.6) is 5.75 Å². The number of oxazole rings is 1. The van der Waals surface area contributed by atoms with Crippen LogP contribution < -0.4 is 15.8 Å². The number of nitrogens with zero attached hydrogens (tertiary/aromatic N) is 3. The summed E-state index contributed by atoms with van der Waals surface area (Å²) in [6.07, 6.45) is 3.48. The minimum absolute atomic E-state index is 0.166. The van der Waals surface area contributed by atoms with Crippen molar-refractivity contribution in [2.45, 2.75) is 12.6 Å². The number of ether oxygens (including phenoxy) is 1. The van der Waals surface area contributed by atoms with Crippen LogP contribution in [0.4, 0.5) is 0 Å². The SMILES string of the molecule is COc1cccc([C@@H](NC(=O)Cn2c(=O)oc3ccccc32)c2nccn2C)c1. The largest absolute Gasteiger partial charge is 0.497 e. The lowest BCUT2D eigenvalue weighted by molar-refractivity contribution is -0.122. The summed E-state index contributed by atoms with van der Waals surface area (Å²) in [5.41, 5.74) is 1.83. The predicted octanol–water partition coefficient (Wildman–Crippen LogP) is 2.24. The monoisotopic (exact) mass is 392 g/mol. The zero-order valence-corrected chi connectivity index (χ0v) is 16.0. The molecule has 0 saturated carbocycles. The molecule has 1 atom stereocenters. The van der Waals surface area contributed by atoms with Gasteiger partial charge in [0.25, 0.3) is 0 Å². The van der Waals surface area contributed by atoms with Crippen molar-refractivity contribution in [3.63, 3.8) is 0 Å². The van der Waals surface area contributed by atoms with Gasteiger partial charge in [0, 0.05) is 19.4 Å². The van der Waals surface area contributed by atoms with Crippen LogP contribution >= 0.6 is 0 Å². The summed E-state index contributed by atoms with van der Waals surface area (Å²) in [5.74, 6) is 0.426. The molecule has 0 unspecified atom stereocenters. The van der Waals surface area contributed by atoms with Crippen LogP contribution in [-0.4, -0.2) is 27.1 Å². The van der Waals surface area contributed by atoms with Crippen LogP contribution in [0.25, 0.3) is 11.1 Å². The van der Waals surface area contributed by atoms with Crippen molar-refractivity contribution < 1.29 is 13.9 Å². The molecule has 2 heterocycles. The second-order valence-electron chi connectivity index (χ2n) is 6.60. The molecule has 4 rings (SSSR count). The van der Waals surface area contributed by atoms with Crippen molar-refractivity contribution in [2.24, 2.45) is 7.05 Å². The fraction of sp³-hybridized carbons (Fsp3) is 0.190. The fourth-order valence-electron chi connectivity index (χ4n) is 3.29. The zero-order chi connectivity index (χ0) is 20.4. The molecule has 0 aliphatic heterocycles. The van der Waals surface area contributed by atoms with Gasteiger partial charge in [-0.25, -0.2) is 9.78 Å². The van der Waals surface area contributed by atoms with Gasteiger partial charge >= 0.3 is 5.76 Å². The topological polar surface area (TPSA) is 91.3 Å². The van der Waals surface area contributed by atoms with E-state index < -0.39 is 11.8 Å². The molecule has 8 heteroatoms. The van der Waals surface area contributed by atoms with E-state index in [4.69, 9.17) is 9.15 Å². The molecular weight excluding hydrogens is 372 g/mol. The quantitative estimate of drug-likeness (QED) is 0.543. The lowest BCUT2D eigenvalue weighted by Crippen LogP contribution is -2.35. The normalized spacial score (nSPS) is 12.1. The molecule has 2 aromatic heterocycles. The molecule has 0 radical (unpaired) electrons. The molecule has 1 N–H and O–H groups in total. The Morgan fingerprint density at radius 1 is 1.24 bits per heavy atom. The second-order valence-corrected chi connectivity index (χ2v) is 6.60. The first kappa shape index (κ1) is 18.5.